The van der Waals surface area contributed by atoms with Crippen LogP contribution < -0.4 is 0 Å². The first kappa shape index (κ1) is 10.6. The van der Waals surface area contributed by atoms with Crippen LogP contribution in [0.25, 0.3) is 10.8 Å². The van der Waals surface area contributed by atoms with Crippen molar-refractivity contribution in [1.29, 1.82) is 0 Å². The van der Waals surface area contributed by atoms with Crippen molar-refractivity contribution < 1.29 is 8.76 Å². The van der Waals surface area contributed by atoms with Gasteiger partial charge in [-0.2, -0.15) is 0 Å². The van der Waals surface area contributed by atoms with Crippen LogP contribution in [-0.2, 0) is 11.1 Å². The highest BCUT2D eigenvalue weighted by Gasteiger charge is 2.06. The molecule has 0 heterocycles. The summed E-state index contributed by atoms with van der Waals surface area (Å²) in [6.45, 7) is 1.77. The van der Waals surface area contributed by atoms with Crippen molar-refractivity contribution in [3.05, 3.63) is 40.9 Å². The Balaban J connectivity index is 2.94. The van der Waals surface area contributed by atoms with Crippen molar-refractivity contribution in [1.82, 2.24) is 0 Å². The van der Waals surface area contributed by atoms with E-state index in [1.807, 2.05) is 6.07 Å². The van der Waals surface area contributed by atoms with E-state index in [2.05, 4.69) is 0 Å². The number of halogens is 1. The lowest BCUT2D eigenvalue weighted by atomic mass is 10.1. The SMILES string of the molecule is Cc1ccc2c(Cl)cccc2c1S(=O)[O-]. The first-order valence-electron chi connectivity index (χ1n) is 4.38. The summed E-state index contributed by atoms with van der Waals surface area (Å²) in [6, 6.07) is 8.86. The van der Waals surface area contributed by atoms with Crippen LogP contribution in [-0.4, -0.2) is 8.76 Å². The van der Waals surface area contributed by atoms with Gasteiger partial charge in [-0.3, -0.25) is 4.21 Å². The average molecular weight is 240 g/mol. The van der Waals surface area contributed by atoms with Crippen molar-refractivity contribution in [3.63, 3.8) is 0 Å². The van der Waals surface area contributed by atoms with Crippen LogP contribution in [0, 0.1) is 6.92 Å². The standard InChI is InChI=1S/C11H9ClO2S/c1-7-5-6-8-9(11(7)15(13)14)3-2-4-10(8)12/h2-6H,1H3,(H,13,14)/p-1. The van der Waals surface area contributed by atoms with Gasteiger partial charge in [0, 0.05) is 15.3 Å². The average Bonchev–Trinajstić information content (AvgIpc) is 2.17. The number of benzene rings is 2. The maximum Gasteiger partial charge on any atom is 0.0484 e. The lowest BCUT2D eigenvalue weighted by Crippen LogP contribution is -1.94. The van der Waals surface area contributed by atoms with Crippen molar-refractivity contribution >= 4 is 33.5 Å². The Morgan fingerprint density at radius 2 is 1.93 bits per heavy atom. The predicted molar refractivity (Wildman–Crippen MR) is 60.9 cm³/mol. The van der Waals surface area contributed by atoms with Gasteiger partial charge in [-0.05, 0) is 35.0 Å². The fourth-order valence-corrected chi connectivity index (χ4v) is 2.55. The lowest BCUT2D eigenvalue weighted by Gasteiger charge is -2.13. The fraction of sp³-hybridized carbons (Fsp3) is 0.0909. The first-order valence-corrected chi connectivity index (χ1v) is 5.83. The van der Waals surface area contributed by atoms with Crippen LogP contribution in [0.1, 0.15) is 5.56 Å². The van der Waals surface area contributed by atoms with Crippen LogP contribution in [0.5, 0.6) is 0 Å². The summed E-state index contributed by atoms with van der Waals surface area (Å²) in [5, 5.41) is 2.01. The number of aryl methyl sites for hydroxylation is 1. The van der Waals surface area contributed by atoms with Crippen LogP contribution >= 0.6 is 11.6 Å². The van der Waals surface area contributed by atoms with E-state index in [0.29, 0.717) is 15.3 Å². The Kier molecular flexibility index (Phi) is 2.78. The number of rotatable bonds is 1. The second-order valence-electron chi connectivity index (χ2n) is 3.28. The summed E-state index contributed by atoms with van der Waals surface area (Å²) in [7, 11) is 0. The van der Waals surface area contributed by atoms with Gasteiger partial charge in [0.1, 0.15) is 0 Å². The molecule has 0 spiro atoms. The third-order valence-corrected chi connectivity index (χ3v) is 3.53. The number of fused-ring (bicyclic) bond motifs is 1. The third kappa shape index (κ3) is 1.78. The molecule has 0 saturated carbocycles. The molecule has 0 aromatic heterocycles. The predicted octanol–water partition coefficient (Wildman–Crippen LogP) is 3.04. The van der Waals surface area contributed by atoms with E-state index in [9.17, 15) is 8.76 Å². The van der Waals surface area contributed by atoms with Gasteiger partial charge in [0.15, 0.2) is 0 Å². The van der Waals surface area contributed by atoms with Crippen molar-refractivity contribution in [3.8, 4) is 0 Å². The molecule has 0 N–H and O–H groups in total. The molecular weight excluding hydrogens is 232 g/mol. The number of hydrogen-bond donors (Lipinski definition) is 0. The molecule has 15 heavy (non-hydrogen) atoms. The topological polar surface area (TPSA) is 40.1 Å². The quantitative estimate of drug-likeness (QED) is 0.718. The van der Waals surface area contributed by atoms with Crippen LogP contribution in [0.4, 0.5) is 0 Å². The second-order valence-corrected chi connectivity index (χ2v) is 4.57. The fourth-order valence-electron chi connectivity index (χ4n) is 1.62. The van der Waals surface area contributed by atoms with Crippen molar-refractivity contribution in [2.24, 2.45) is 0 Å². The summed E-state index contributed by atoms with van der Waals surface area (Å²) < 4.78 is 22.2. The van der Waals surface area contributed by atoms with Crippen molar-refractivity contribution in [2.45, 2.75) is 11.8 Å². The maximum absolute atomic E-state index is 11.1. The van der Waals surface area contributed by atoms with E-state index in [1.165, 1.54) is 0 Å². The summed E-state index contributed by atoms with van der Waals surface area (Å²) in [4.78, 5) is 0.329. The van der Waals surface area contributed by atoms with E-state index in [-0.39, 0.29) is 0 Å². The highest BCUT2D eigenvalue weighted by atomic mass is 35.5. The summed E-state index contributed by atoms with van der Waals surface area (Å²) in [5.41, 5.74) is 0.734. The van der Waals surface area contributed by atoms with Crippen LogP contribution in [0.3, 0.4) is 0 Å². The van der Waals surface area contributed by atoms with Crippen LogP contribution in [0.15, 0.2) is 35.2 Å². The highest BCUT2D eigenvalue weighted by molar-refractivity contribution is 7.79. The molecule has 0 fully saturated rings. The Labute approximate surface area is 95.2 Å². The lowest BCUT2D eigenvalue weighted by molar-refractivity contribution is 0.537. The number of hydrogen-bond acceptors (Lipinski definition) is 2. The molecule has 2 nitrogen and oxygen atoms in total. The molecule has 0 bridgehead atoms. The monoisotopic (exact) mass is 239 g/mol. The van der Waals surface area contributed by atoms with Gasteiger partial charge in [0.05, 0.1) is 0 Å². The summed E-state index contributed by atoms with van der Waals surface area (Å²) in [6.07, 6.45) is 0. The zero-order valence-corrected chi connectivity index (χ0v) is 9.56. The van der Waals surface area contributed by atoms with E-state index in [1.54, 1.807) is 31.2 Å². The highest BCUT2D eigenvalue weighted by Crippen LogP contribution is 2.29. The molecule has 0 radical (unpaired) electrons. The van der Waals surface area contributed by atoms with Gasteiger partial charge in [-0.15, -0.1) is 0 Å². The molecule has 0 amide bonds. The Hall–Kier alpha value is -0.900. The normalized spacial score (nSPS) is 13.0. The molecule has 1 atom stereocenters. The molecule has 4 heteroatoms. The van der Waals surface area contributed by atoms with Crippen molar-refractivity contribution in [2.75, 3.05) is 0 Å². The Bertz CT molecular complexity index is 552. The molecule has 2 aromatic carbocycles. The third-order valence-electron chi connectivity index (χ3n) is 2.32. The molecule has 0 aliphatic rings. The minimum Gasteiger partial charge on any atom is -0.768 e. The van der Waals surface area contributed by atoms with E-state index < -0.39 is 11.1 Å². The van der Waals surface area contributed by atoms with E-state index >= 15 is 0 Å². The summed E-state index contributed by atoms with van der Waals surface area (Å²) in [5.74, 6) is 0. The minimum atomic E-state index is -2.23. The zero-order chi connectivity index (χ0) is 11.0. The van der Waals surface area contributed by atoms with Gasteiger partial charge in [0.2, 0.25) is 0 Å². The molecule has 78 valence electrons. The first-order chi connectivity index (χ1) is 7.11. The van der Waals surface area contributed by atoms with Gasteiger partial charge in [-0.1, -0.05) is 35.9 Å². The van der Waals surface area contributed by atoms with Gasteiger partial charge in [-0.25, -0.2) is 0 Å². The van der Waals surface area contributed by atoms with E-state index in [0.717, 1.165) is 10.9 Å². The molecule has 1 unspecified atom stereocenters. The van der Waals surface area contributed by atoms with Gasteiger partial charge in [0.25, 0.3) is 0 Å². The largest absolute Gasteiger partial charge is 0.768 e. The second kappa shape index (κ2) is 3.93. The maximum atomic E-state index is 11.1. The Morgan fingerprint density at radius 1 is 1.20 bits per heavy atom. The van der Waals surface area contributed by atoms with Gasteiger partial charge >= 0.3 is 0 Å². The molecular formula is C11H8ClO2S-. The zero-order valence-electron chi connectivity index (χ0n) is 7.99. The molecule has 0 aliphatic carbocycles. The van der Waals surface area contributed by atoms with Crippen LogP contribution in [0.2, 0.25) is 5.02 Å². The smallest absolute Gasteiger partial charge is 0.0484 e. The Morgan fingerprint density at radius 3 is 2.60 bits per heavy atom. The molecule has 0 saturated heterocycles. The van der Waals surface area contributed by atoms with Gasteiger partial charge < -0.3 is 4.55 Å². The molecule has 0 aliphatic heterocycles. The van der Waals surface area contributed by atoms with E-state index in [4.69, 9.17) is 11.6 Å². The summed E-state index contributed by atoms with van der Waals surface area (Å²) >= 11 is 3.75. The molecule has 2 aromatic rings. The minimum absolute atomic E-state index is 0.329. The molecule has 2 rings (SSSR count).